The SMILES string of the molecule is CCCNC(=O)CNc1nc(CC(=O)OCC)cs1. The predicted molar refractivity (Wildman–Crippen MR) is 74.2 cm³/mol. The van der Waals surface area contributed by atoms with E-state index in [1.54, 1.807) is 12.3 Å². The molecule has 0 spiro atoms. The Morgan fingerprint density at radius 1 is 1.42 bits per heavy atom. The first kappa shape index (κ1) is 15.4. The summed E-state index contributed by atoms with van der Waals surface area (Å²) in [5.74, 6) is -0.357. The molecule has 0 aliphatic heterocycles. The zero-order chi connectivity index (χ0) is 14.1. The first-order valence-electron chi connectivity index (χ1n) is 6.26. The van der Waals surface area contributed by atoms with Crippen LogP contribution in [0.15, 0.2) is 5.38 Å². The van der Waals surface area contributed by atoms with Crippen LogP contribution in [0.25, 0.3) is 0 Å². The highest BCUT2D eigenvalue weighted by Crippen LogP contribution is 2.15. The number of amides is 1. The van der Waals surface area contributed by atoms with Gasteiger partial charge in [0.15, 0.2) is 5.13 Å². The van der Waals surface area contributed by atoms with Gasteiger partial charge in [-0.15, -0.1) is 11.3 Å². The number of rotatable bonds is 8. The van der Waals surface area contributed by atoms with Crippen LogP contribution in [0.4, 0.5) is 5.13 Å². The van der Waals surface area contributed by atoms with E-state index in [2.05, 4.69) is 15.6 Å². The van der Waals surface area contributed by atoms with Crippen LogP contribution in [0.5, 0.6) is 0 Å². The minimum absolute atomic E-state index is 0.0657. The molecule has 0 aliphatic rings. The molecule has 106 valence electrons. The summed E-state index contributed by atoms with van der Waals surface area (Å²) in [5.41, 5.74) is 0.653. The highest BCUT2D eigenvalue weighted by molar-refractivity contribution is 7.13. The summed E-state index contributed by atoms with van der Waals surface area (Å²) in [6.45, 7) is 4.99. The minimum Gasteiger partial charge on any atom is -0.466 e. The Labute approximate surface area is 116 Å². The number of nitrogens with zero attached hydrogens (tertiary/aromatic N) is 1. The van der Waals surface area contributed by atoms with Crippen LogP contribution in [0.1, 0.15) is 26.0 Å². The van der Waals surface area contributed by atoms with Gasteiger partial charge in [-0.3, -0.25) is 9.59 Å². The van der Waals surface area contributed by atoms with Gasteiger partial charge in [-0.2, -0.15) is 0 Å². The second-order valence-electron chi connectivity index (χ2n) is 3.83. The lowest BCUT2D eigenvalue weighted by atomic mass is 10.3. The summed E-state index contributed by atoms with van der Waals surface area (Å²) in [6.07, 6.45) is 1.07. The molecular formula is C12H19N3O3S. The molecule has 0 bridgehead atoms. The average molecular weight is 285 g/mol. The van der Waals surface area contributed by atoms with Crippen molar-refractivity contribution in [3.8, 4) is 0 Å². The van der Waals surface area contributed by atoms with Gasteiger partial charge in [0, 0.05) is 11.9 Å². The number of carbonyl (C=O) groups excluding carboxylic acids is 2. The van der Waals surface area contributed by atoms with Crippen LogP contribution in [0.3, 0.4) is 0 Å². The maximum atomic E-state index is 11.4. The van der Waals surface area contributed by atoms with Crippen molar-refractivity contribution in [3.63, 3.8) is 0 Å². The van der Waals surface area contributed by atoms with Gasteiger partial charge in [0.1, 0.15) is 0 Å². The maximum Gasteiger partial charge on any atom is 0.311 e. The van der Waals surface area contributed by atoms with Crippen LogP contribution in [-0.2, 0) is 20.7 Å². The lowest BCUT2D eigenvalue weighted by molar-refractivity contribution is -0.142. The first-order chi connectivity index (χ1) is 9.15. The number of esters is 1. The third kappa shape index (κ3) is 6.19. The van der Waals surface area contributed by atoms with E-state index in [0.717, 1.165) is 6.42 Å². The number of hydrogen-bond acceptors (Lipinski definition) is 6. The summed E-state index contributed by atoms with van der Waals surface area (Å²) >= 11 is 1.37. The van der Waals surface area contributed by atoms with Gasteiger partial charge in [-0.1, -0.05) is 6.92 Å². The standard InChI is InChI=1S/C12H19N3O3S/c1-3-5-13-10(16)7-14-12-15-9(8-19-12)6-11(17)18-4-2/h8H,3-7H2,1-2H3,(H,13,16)(H,14,15). The number of hydrogen-bond donors (Lipinski definition) is 2. The summed E-state index contributed by atoms with van der Waals surface area (Å²) < 4.78 is 4.84. The van der Waals surface area contributed by atoms with Crippen LogP contribution >= 0.6 is 11.3 Å². The molecule has 1 amide bonds. The van der Waals surface area contributed by atoms with Crippen molar-refractivity contribution in [2.75, 3.05) is 25.0 Å². The molecule has 7 heteroatoms. The van der Waals surface area contributed by atoms with Crippen LogP contribution in [-0.4, -0.2) is 36.6 Å². The molecule has 0 aliphatic carbocycles. The normalized spacial score (nSPS) is 10.0. The molecule has 0 saturated carbocycles. The third-order valence-corrected chi connectivity index (χ3v) is 3.00. The summed E-state index contributed by atoms with van der Waals surface area (Å²) in [7, 11) is 0. The van der Waals surface area contributed by atoms with E-state index in [1.165, 1.54) is 11.3 Å². The number of anilines is 1. The van der Waals surface area contributed by atoms with Crippen molar-refractivity contribution in [2.24, 2.45) is 0 Å². The summed E-state index contributed by atoms with van der Waals surface area (Å²) in [4.78, 5) is 26.8. The molecule has 1 heterocycles. The zero-order valence-corrected chi connectivity index (χ0v) is 12.0. The van der Waals surface area contributed by atoms with Crippen molar-refractivity contribution in [2.45, 2.75) is 26.7 Å². The molecular weight excluding hydrogens is 266 g/mol. The number of thiazole rings is 1. The predicted octanol–water partition coefficient (Wildman–Crippen LogP) is 1.19. The Balaban J connectivity index is 2.34. The van der Waals surface area contributed by atoms with Crippen molar-refractivity contribution >= 4 is 28.3 Å². The fourth-order valence-electron chi connectivity index (χ4n) is 1.31. The zero-order valence-electron chi connectivity index (χ0n) is 11.2. The molecule has 0 aromatic carbocycles. The van der Waals surface area contributed by atoms with E-state index in [-0.39, 0.29) is 24.8 Å². The highest BCUT2D eigenvalue weighted by atomic mass is 32.1. The summed E-state index contributed by atoms with van der Waals surface area (Å²) in [5, 5.41) is 8.09. The molecule has 19 heavy (non-hydrogen) atoms. The fourth-order valence-corrected chi connectivity index (χ4v) is 2.02. The van der Waals surface area contributed by atoms with Crippen LogP contribution in [0.2, 0.25) is 0 Å². The summed E-state index contributed by atoms with van der Waals surface area (Å²) in [6, 6.07) is 0. The second kappa shape index (κ2) is 8.47. The van der Waals surface area contributed by atoms with Crippen LogP contribution < -0.4 is 10.6 Å². The Morgan fingerprint density at radius 2 is 2.21 bits per heavy atom. The van der Waals surface area contributed by atoms with Gasteiger partial charge < -0.3 is 15.4 Å². The van der Waals surface area contributed by atoms with E-state index in [0.29, 0.717) is 24.0 Å². The smallest absolute Gasteiger partial charge is 0.311 e. The molecule has 0 atom stereocenters. The highest BCUT2D eigenvalue weighted by Gasteiger charge is 2.09. The minimum atomic E-state index is -0.292. The Morgan fingerprint density at radius 3 is 2.89 bits per heavy atom. The molecule has 0 fully saturated rings. The topological polar surface area (TPSA) is 80.3 Å². The maximum absolute atomic E-state index is 11.4. The van der Waals surface area contributed by atoms with Crippen LogP contribution in [0, 0.1) is 0 Å². The van der Waals surface area contributed by atoms with E-state index in [1.807, 2.05) is 6.92 Å². The average Bonchev–Trinajstić information content (AvgIpc) is 2.81. The van der Waals surface area contributed by atoms with Gasteiger partial charge >= 0.3 is 5.97 Å². The Bertz CT molecular complexity index is 420. The monoisotopic (exact) mass is 285 g/mol. The van der Waals surface area contributed by atoms with Crippen molar-refractivity contribution in [1.29, 1.82) is 0 Å². The van der Waals surface area contributed by atoms with Crippen molar-refractivity contribution in [1.82, 2.24) is 10.3 Å². The number of carbonyl (C=O) groups is 2. The molecule has 1 aromatic rings. The van der Waals surface area contributed by atoms with E-state index < -0.39 is 0 Å². The molecule has 0 unspecified atom stereocenters. The molecule has 0 radical (unpaired) electrons. The number of nitrogens with one attached hydrogen (secondary N) is 2. The van der Waals surface area contributed by atoms with Gasteiger partial charge in [-0.25, -0.2) is 4.98 Å². The lowest BCUT2D eigenvalue weighted by Gasteiger charge is -2.03. The Kier molecular flexibility index (Phi) is 6.88. The van der Waals surface area contributed by atoms with E-state index in [9.17, 15) is 9.59 Å². The molecule has 2 N–H and O–H groups in total. The molecule has 1 rings (SSSR count). The molecule has 0 saturated heterocycles. The van der Waals surface area contributed by atoms with E-state index in [4.69, 9.17) is 4.74 Å². The van der Waals surface area contributed by atoms with Crippen molar-refractivity contribution < 1.29 is 14.3 Å². The second-order valence-corrected chi connectivity index (χ2v) is 4.69. The van der Waals surface area contributed by atoms with E-state index >= 15 is 0 Å². The third-order valence-electron chi connectivity index (χ3n) is 2.15. The number of aromatic nitrogens is 1. The van der Waals surface area contributed by atoms with Gasteiger partial charge in [0.25, 0.3) is 0 Å². The van der Waals surface area contributed by atoms with Crippen molar-refractivity contribution in [3.05, 3.63) is 11.1 Å². The van der Waals surface area contributed by atoms with Gasteiger partial charge in [0.05, 0.1) is 25.3 Å². The molecule has 1 aromatic heterocycles. The van der Waals surface area contributed by atoms with Gasteiger partial charge in [0.2, 0.25) is 5.91 Å². The fraction of sp³-hybridized carbons (Fsp3) is 0.583. The largest absolute Gasteiger partial charge is 0.466 e. The molecule has 6 nitrogen and oxygen atoms in total. The Hall–Kier alpha value is -1.63. The number of ether oxygens (including phenoxy) is 1. The first-order valence-corrected chi connectivity index (χ1v) is 7.14. The quantitative estimate of drug-likeness (QED) is 0.701. The van der Waals surface area contributed by atoms with Gasteiger partial charge in [-0.05, 0) is 13.3 Å². The lowest BCUT2D eigenvalue weighted by Crippen LogP contribution is -2.30.